The van der Waals surface area contributed by atoms with Gasteiger partial charge < -0.3 is 5.21 Å². The molecule has 0 unspecified atom stereocenters. The number of aromatic nitrogens is 1. The Bertz CT molecular complexity index is 454. The summed E-state index contributed by atoms with van der Waals surface area (Å²) in [7, 11) is 0. The summed E-state index contributed by atoms with van der Waals surface area (Å²) in [5.74, 6) is 0. The number of unbranched alkanes of at least 4 members (excludes halogenated alkanes) is 3. The summed E-state index contributed by atoms with van der Waals surface area (Å²) in [5.41, 5.74) is 0.00999. The van der Waals surface area contributed by atoms with E-state index in [0.717, 1.165) is 31.7 Å². The van der Waals surface area contributed by atoms with Gasteiger partial charge in [0.25, 0.3) is 5.69 Å². The lowest BCUT2D eigenvalue weighted by Gasteiger charge is -2.06. The highest BCUT2D eigenvalue weighted by molar-refractivity contribution is 5.29. The summed E-state index contributed by atoms with van der Waals surface area (Å²) >= 11 is 0. The fourth-order valence-corrected chi connectivity index (χ4v) is 1.65. The van der Waals surface area contributed by atoms with Crippen LogP contribution in [0.25, 0.3) is 0 Å². The highest BCUT2D eigenvalue weighted by atomic mass is 16.6. The Kier molecular flexibility index (Phi) is 4.68. The number of hydrogen-bond donors (Lipinski definition) is 2. The van der Waals surface area contributed by atoms with Gasteiger partial charge in [0.2, 0.25) is 0 Å². The normalized spacial score (nSPS) is 10.4. The molecule has 0 radical (unpaired) electrons. The summed E-state index contributed by atoms with van der Waals surface area (Å²) in [6.07, 6.45) is 4.64. The minimum atomic E-state index is -0.548. The van der Waals surface area contributed by atoms with E-state index in [1.807, 2.05) is 0 Å². The molecule has 0 aromatic carbocycles. The van der Waals surface area contributed by atoms with Crippen LogP contribution in [0.4, 0.5) is 5.69 Å². The third-order valence-corrected chi connectivity index (χ3v) is 2.60. The molecule has 0 saturated heterocycles. The van der Waals surface area contributed by atoms with Gasteiger partial charge in [-0.25, -0.2) is 0 Å². The van der Waals surface area contributed by atoms with Gasteiger partial charge in [-0.3, -0.25) is 15.5 Å². The maximum atomic E-state index is 10.6. The summed E-state index contributed by atoms with van der Waals surface area (Å²) in [6.45, 7) is 2.10. The molecule has 94 valence electrons. The number of nitrogens with zero attached hydrogens (tertiary/aromatic N) is 2. The van der Waals surface area contributed by atoms with Gasteiger partial charge in [0, 0.05) is 6.07 Å². The zero-order valence-corrected chi connectivity index (χ0v) is 9.85. The highest BCUT2D eigenvalue weighted by Gasteiger charge is 2.11. The Hall–Kier alpha value is -1.85. The zero-order chi connectivity index (χ0) is 12.8. The minimum Gasteiger partial charge on any atom is -0.427 e. The molecular weight excluding hydrogens is 222 g/mol. The first-order valence-electron chi connectivity index (χ1n) is 5.70. The average molecular weight is 239 g/mol. The van der Waals surface area contributed by atoms with Crippen LogP contribution in [0.3, 0.4) is 0 Å². The van der Waals surface area contributed by atoms with Gasteiger partial charge >= 0.3 is 0 Å². The predicted molar refractivity (Wildman–Crippen MR) is 62.0 cm³/mol. The van der Waals surface area contributed by atoms with Gasteiger partial charge in [0.15, 0.2) is 5.49 Å². The second-order valence-corrected chi connectivity index (χ2v) is 3.97. The summed E-state index contributed by atoms with van der Waals surface area (Å²) < 4.78 is 0.707. The van der Waals surface area contributed by atoms with Crippen LogP contribution in [0.5, 0.6) is 0 Å². The van der Waals surface area contributed by atoms with Gasteiger partial charge in [-0.2, -0.15) is 4.73 Å². The second kappa shape index (κ2) is 6.03. The lowest BCUT2D eigenvalue weighted by Crippen LogP contribution is -2.21. The van der Waals surface area contributed by atoms with Crippen molar-refractivity contribution in [3.8, 4) is 0 Å². The van der Waals surface area contributed by atoms with Crippen molar-refractivity contribution < 1.29 is 10.1 Å². The van der Waals surface area contributed by atoms with Gasteiger partial charge in [-0.15, -0.1) is 0 Å². The van der Waals surface area contributed by atoms with E-state index in [9.17, 15) is 15.3 Å². The van der Waals surface area contributed by atoms with E-state index < -0.39 is 4.92 Å². The standard InChI is InChI=1S/C11H17N3O3/c1-2-3-4-5-6-9-7-10(14(16)17)8-11(12)13(9)15/h7-8,12,15H,2-6H2,1H3. The molecule has 0 atom stereocenters. The fraction of sp³-hybridized carbons (Fsp3) is 0.545. The van der Waals surface area contributed by atoms with E-state index in [-0.39, 0.29) is 11.2 Å². The van der Waals surface area contributed by atoms with Crippen molar-refractivity contribution >= 4 is 5.69 Å². The molecule has 1 rings (SSSR count). The molecule has 0 fully saturated rings. The van der Waals surface area contributed by atoms with Crippen LogP contribution in [0.2, 0.25) is 0 Å². The molecule has 0 saturated carbocycles. The van der Waals surface area contributed by atoms with E-state index >= 15 is 0 Å². The Labute approximate surface area is 99.1 Å². The van der Waals surface area contributed by atoms with E-state index in [4.69, 9.17) is 5.41 Å². The largest absolute Gasteiger partial charge is 0.427 e. The monoisotopic (exact) mass is 239 g/mol. The number of pyridine rings is 1. The molecule has 0 aliphatic rings. The van der Waals surface area contributed by atoms with E-state index in [1.165, 1.54) is 6.07 Å². The third-order valence-electron chi connectivity index (χ3n) is 2.60. The van der Waals surface area contributed by atoms with Crippen molar-refractivity contribution in [3.05, 3.63) is 33.4 Å². The second-order valence-electron chi connectivity index (χ2n) is 3.97. The predicted octanol–water partition coefficient (Wildman–Crippen LogP) is 2.24. The van der Waals surface area contributed by atoms with E-state index in [2.05, 4.69) is 6.92 Å². The summed E-state index contributed by atoms with van der Waals surface area (Å²) in [6, 6.07) is 2.36. The Morgan fingerprint density at radius 2 is 2.12 bits per heavy atom. The van der Waals surface area contributed by atoms with Crippen molar-refractivity contribution in [1.29, 1.82) is 5.41 Å². The van der Waals surface area contributed by atoms with E-state index in [1.54, 1.807) is 0 Å². The first kappa shape index (κ1) is 13.2. The molecule has 17 heavy (non-hydrogen) atoms. The molecule has 0 amide bonds. The van der Waals surface area contributed by atoms with Gasteiger partial charge in [-0.1, -0.05) is 26.2 Å². The first-order chi connectivity index (χ1) is 8.06. The molecule has 0 spiro atoms. The van der Waals surface area contributed by atoms with Crippen molar-refractivity contribution in [2.24, 2.45) is 0 Å². The Balaban J connectivity index is 2.83. The molecule has 6 heteroatoms. The van der Waals surface area contributed by atoms with Crippen LogP contribution < -0.4 is 5.49 Å². The van der Waals surface area contributed by atoms with Crippen LogP contribution in [0.15, 0.2) is 12.1 Å². The molecule has 0 bridgehead atoms. The molecule has 6 nitrogen and oxygen atoms in total. The van der Waals surface area contributed by atoms with Crippen molar-refractivity contribution in [2.75, 3.05) is 0 Å². The molecule has 1 heterocycles. The SMILES string of the molecule is CCCCCCc1cc([N+](=O)[O-])cc(=N)n1O. The van der Waals surface area contributed by atoms with Gasteiger partial charge in [0.05, 0.1) is 16.7 Å². The molecule has 1 aromatic rings. The maximum Gasteiger partial charge on any atom is 0.275 e. The van der Waals surface area contributed by atoms with E-state index in [0.29, 0.717) is 16.8 Å². The van der Waals surface area contributed by atoms with Crippen LogP contribution >= 0.6 is 0 Å². The topological polar surface area (TPSA) is 92.2 Å². The number of hydrogen-bond acceptors (Lipinski definition) is 4. The first-order valence-corrected chi connectivity index (χ1v) is 5.70. The quantitative estimate of drug-likeness (QED) is 0.345. The van der Waals surface area contributed by atoms with Crippen molar-refractivity contribution in [1.82, 2.24) is 4.73 Å². The number of rotatable bonds is 6. The average Bonchev–Trinajstić information content (AvgIpc) is 2.29. The van der Waals surface area contributed by atoms with Gasteiger partial charge in [0.1, 0.15) is 0 Å². The fourth-order valence-electron chi connectivity index (χ4n) is 1.65. The van der Waals surface area contributed by atoms with Crippen molar-refractivity contribution in [2.45, 2.75) is 39.0 Å². The summed E-state index contributed by atoms with van der Waals surface area (Å²) in [4.78, 5) is 10.1. The smallest absolute Gasteiger partial charge is 0.275 e. The molecule has 1 aromatic heterocycles. The van der Waals surface area contributed by atoms with Crippen LogP contribution in [-0.4, -0.2) is 14.9 Å². The number of nitro groups is 1. The molecule has 0 aliphatic heterocycles. The molecule has 2 N–H and O–H groups in total. The molecule has 0 aliphatic carbocycles. The third kappa shape index (κ3) is 3.58. The van der Waals surface area contributed by atoms with Gasteiger partial charge in [-0.05, 0) is 12.8 Å². The lowest BCUT2D eigenvalue weighted by molar-refractivity contribution is -0.385. The maximum absolute atomic E-state index is 10.6. The highest BCUT2D eigenvalue weighted by Crippen LogP contribution is 2.12. The van der Waals surface area contributed by atoms with Crippen LogP contribution in [0, 0.1) is 15.5 Å². The lowest BCUT2D eigenvalue weighted by atomic mass is 10.1. The zero-order valence-electron chi connectivity index (χ0n) is 9.85. The Morgan fingerprint density at radius 1 is 1.41 bits per heavy atom. The van der Waals surface area contributed by atoms with Crippen LogP contribution in [0.1, 0.15) is 38.3 Å². The Morgan fingerprint density at radius 3 is 2.71 bits per heavy atom. The number of nitrogens with one attached hydrogen (secondary N) is 1. The number of aryl methyl sites for hydroxylation is 1. The summed E-state index contributed by atoms with van der Waals surface area (Å²) in [5, 5.41) is 27.6. The van der Waals surface area contributed by atoms with Crippen molar-refractivity contribution in [3.63, 3.8) is 0 Å². The molecular formula is C11H17N3O3. The minimum absolute atomic E-state index is 0.147. The van der Waals surface area contributed by atoms with Crippen LogP contribution in [-0.2, 0) is 6.42 Å².